The number of fused-ring (bicyclic) bond motifs is 1. The van der Waals surface area contributed by atoms with Gasteiger partial charge in [0.25, 0.3) is 0 Å². The first-order valence-corrected chi connectivity index (χ1v) is 5.46. The summed E-state index contributed by atoms with van der Waals surface area (Å²) in [5.74, 6) is 0.341. The molecule has 1 saturated carbocycles. The third-order valence-corrected chi connectivity index (χ3v) is 3.80. The summed E-state index contributed by atoms with van der Waals surface area (Å²) in [6.07, 6.45) is 0.0713. The smallest absolute Gasteiger partial charge is 0.407 e. The van der Waals surface area contributed by atoms with E-state index in [0.29, 0.717) is 12.5 Å². The zero-order valence-corrected chi connectivity index (χ0v) is 8.84. The molecule has 1 aliphatic carbocycles. The lowest BCUT2D eigenvalue weighted by Gasteiger charge is -2.28. The summed E-state index contributed by atoms with van der Waals surface area (Å²) in [7, 11) is 0. The lowest BCUT2D eigenvalue weighted by molar-refractivity contribution is 0.129. The molecule has 16 heavy (non-hydrogen) atoms. The van der Waals surface area contributed by atoms with Gasteiger partial charge >= 0.3 is 6.09 Å². The Bertz CT molecular complexity index is 434. The predicted molar refractivity (Wildman–Crippen MR) is 58.9 cm³/mol. The number of carbonyl (C=O) groups is 1. The number of hydrogen-bond donors (Lipinski definition) is 2. The van der Waals surface area contributed by atoms with Gasteiger partial charge in [0.15, 0.2) is 0 Å². The molecular formula is C12H14N2O2. The summed E-state index contributed by atoms with van der Waals surface area (Å²) in [5, 5.41) is 9.17. The van der Waals surface area contributed by atoms with Gasteiger partial charge in [-0.15, -0.1) is 0 Å². The number of carboxylic acid groups (broad SMARTS) is 1. The second-order valence-corrected chi connectivity index (χ2v) is 4.76. The zero-order valence-electron chi connectivity index (χ0n) is 8.84. The Labute approximate surface area is 93.7 Å². The highest BCUT2D eigenvalue weighted by atomic mass is 16.4. The van der Waals surface area contributed by atoms with E-state index in [0.717, 1.165) is 12.0 Å². The second kappa shape index (κ2) is 2.98. The van der Waals surface area contributed by atoms with Gasteiger partial charge in [0.1, 0.15) is 0 Å². The molecule has 3 rings (SSSR count). The van der Waals surface area contributed by atoms with Crippen molar-refractivity contribution >= 4 is 6.09 Å². The molecule has 4 nitrogen and oxygen atoms in total. The Morgan fingerprint density at radius 1 is 1.44 bits per heavy atom. The Balaban J connectivity index is 2.00. The standard InChI is InChI=1S/C12H14N2O2/c13-12-6-9(12)7-14(11(15)16)10(12)8-4-2-1-3-5-8/h1-5,9-10H,6-7,13H2,(H,15,16). The number of rotatable bonds is 1. The molecule has 1 heterocycles. The quantitative estimate of drug-likeness (QED) is 0.749. The maximum absolute atomic E-state index is 11.2. The first-order valence-electron chi connectivity index (χ1n) is 5.46. The molecule has 0 radical (unpaired) electrons. The summed E-state index contributed by atoms with van der Waals surface area (Å²) in [6, 6.07) is 9.52. The van der Waals surface area contributed by atoms with E-state index in [2.05, 4.69) is 0 Å². The summed E-state index contributed by atoms with van der Waals surface area (Å²) >= 11 is 0. The molecule has 2 aliphatic rings. The lowest BCUT2D eigenvalue weighted by atomic mass is 9.98. The summed E-state index contributed by atoms with van der Waals surface area (Å²) in [6.45, 7) is 0.575. The molecule has 3 unspecified atom stereocenters. The van der Waals surface area contributed by atoms with Crippen molar-refractivity contribution in [1.82, 2.24) is 4.90 Å². The van der Waals surface area contributed by atoms with Crippen molar-refractivity contribution in [2.24, 2.45) is 11.7 Å². The van der Waals surface area contributed by atoms with Crippen LogP contribution in [0.1, 0.15) is 18.0 Å². The molecule has 1 saturated heterocycles. The molecular weight excluding hydrogens is 204 g/mol. The molecule has 1 aromatic carbocycles. The highest BCUT2D eigenvalue weighted by Gasteiger charge is 2.65. The van der Waals surface area contributed by atoms with Gasteiger partial charge in [-0.2, -0.15) is 0 Å². The van der Waals surface area contributed by atoms with Gasteiger partial charge in [0.2, 0.25) is 0 Å². The van der Waals surface area contributed by atoms with Crippen LogP contribution in [-0.2, 0) is 0 Å². The van der Waals surface area contributed by atoms with E-state index in [1.54, 1.807) is 0 Å². The van der Waals surface area contributed by atoms with Gasteiger partial charge in [0.05, 0.1) is 6.04 Å². The lowest BCUT2D eigenvalue weighted by Crippen LogP contribution is -2.40. The van der Waals surface area contributed by atoms with Gasteiger partial charge in [-0.3, -0.25) is 4.90 Å². The van der Waals surface area contributed by atoms with E-state index in [9.17, 15) is 4.79 Å². The molecule has 0 aromatic heterocycles. The van der Waals surface area contributed by atoms with Crippen molar-refractivity contribution in [3.63, 3.8) is 0 Å². The van der Waals surface area contributed by atoms with Crippen molar-refractivity contribution in [3.05, 3.63) is 35.9 Å². The van der Waals surface area contributed by atoms with Crippen molar-refractivity contribution in [2.75, 3.05) is 6.54 Å². The fraction of sp³-hybridized carbons (Fsp3) is 0.417. The van der Waals surface area contributed by atoms with E-state index in [-0.39, 0.29) is 11.6 Å². The van der Waals surface area contributed by atoms with Crippen molar-refractivity contribution in [3.8, 4) is 0 Å². The molecule has 0 bridgehead atoms. The van der Waals surface area contributed by atoms with Crippen molar-refractivity contribution in [2.45, 2.75) is 18.0 Å². The fourth-order valence-corrected chi connectivity index (χ4v) is 2.88. The minimum atomic E-state index is -0.870. The highest BCUT2D eigenvalue weighted by Crippen LogP contribution is 2.58. The van der Waals surface area contributed by atoms with Crippen LogP contribution < -0.4 is 5.73 Å². The number of nitrogens with zero attached hydrogens (tertiary/aromatic N) is 1. The van der Waals surface area contributed by atoms with E-state index in [1.807, 2.05) is 30.3 Å². The number of likely N-dealkylation sites (tertiary alicyclic amines) is 1. The van der Waals surface area contributed by atoms with Crippen LogP contribution in [0.15, 0.2) is 30.3 Å². The number of hydrogen-bond acceptors (Lipinski definition) is 2. The van der Waals surface area contributed by atoms with Gasteiger partial charge < -0.3 is 10.8 Å². The van der Waals surface area contributed by atoms with Gasteiger partial charge in [-0.25, -0.2) is 4.79 Å². The minimum absolute atomic E-state index is 0.170. The topological polar surface area (TPSA) is 66.6 Å². The molecule has 4 heteroatoms. The molecule has 2 fully saturated rings. The first-order chi connectivity index (χ1) is 7.63. The van der Waals surface area contributed by atoms with Crippen LogP contribution in [0.2, 0.25) is 0 Å². The Morgan fingerprint density at radius 2 is 2.12 bits per heavy atom. The van der Waals surface area contributed by atoms with Crippen LogP contribution in [0.4, 0.5) is 4.79 Å². The van der Waals surface area contributed by atoms with E-state index < -0.39 is 6.09 Å². The maximum Gasteiger partial charge on any atom is 0.407 e. The average molecular weight is 218 g/mol. The normalized spacial score (nSPS) is 35.9. The monoisotopic (exact) mass is 218 g/mol. The molecule has 3 atom stereocenters. The van der Waals surface area contributed by atoms with Gasteiger partial charge in [-0.1, -0.05) is 30.3 Å². The molecule has 0 spiro atoms. The Kier molecular flexibility index (Phi) is 1.80. The van der Waals surface area contributed by atoms with Gasteiger partial charge in [0, 0.05) is 12.1 Å². The molecule has 1 aliphatic heterocycles. The average Bonchev–Trinajstić information content (AvgIpc) is 2.82. The van der Waals surface area contributed by atoms with Crippen LogP contribution in [0.25, 0.3) is 0 Å². The van der Waals surface area contributed by atoms with Crippen LogP contribution in [0.5, 0.6) is 0 Å². The Hall–Kier alpha value is -1.55. The fourth-order valence-electron chi connectivity index (χ4n) is 2.88. The van der Waals surface area contributed by atoms with Crippen molar-refractivity contribution < 1.29 is 9.90 Å². The summed E-state index contributed by atoms with van der Waals surface area (Å²) < 4.78 is 0. The van der Waals surface area contributed by atoms with E-state index in [1.165, 1.54) is 4.90 Å². The van der Waals surface area contributed by atoms with E-state index in [4.69, 9.17) is 10.8 Å². The summed E-state index contributed by atoms with van der Waals surface area (Å²) in [5.41, 5.74) is 6.94. The molecule has 84 valence electrons. The zero-order chi connectivity index (χ0) is 11.3. The third-order valence-electron chi connectivity index (χ3n) is 3.80. The van der Waals surface area contributed by atoms with Crippen LogP contribution in [-0.4, -0.2) is 28.2 Å². The molecule has 3 N–H and O–H groups in total. The Morgan fingerprint density at radius 3 is 2.75 bits per heavy atom. The number of amides is 1. The number of benzene rings is 1. The first kappa shape index (κ1) is 9.66. The van der Waals surface area contributed by atoms with Crippen LogP contribution in [0.3, 0.4) is 0 Å². The minimum Gasteiger partial charge on any atom is -0.465 e. The van der Waals surface area contributed by atoms with Crippen molar-refractivity contribution in [1.29, 1.82) is 0 Å². The number of nitrogens with two attached hydrogens (primary N) is 1. The maximum atomic E-state index is 11.2. The predicted octanol–water partition coefficient (Wildman–Crippen LogP) is 1.44. The largest absolute Gasteiger partial charge is 0.465 e. The molecule has 1 amide bonds. The highest BCUT2D eigenvalue weighted by molar-refractivity contribution is 5.68. The second-order valence-electron chi connectivity index (χ2n) is 4.76. The van der Waals surface area contributed by atoms with E-state index >= 15 is 0 Å². The molecule has 1 aromatic rings. The number of piperidine rings is 1. The SMILES string of the molecule is NC12CC1CN(C(=O)O)C2c1ccccc1. The van der Waals surface area contributed by atoms with Crippen LogP contribution >= 0.6 is 0 Å². The van der Waals surface area contributed by atoms with Crippen LogP contribution in [0, 0.1) is 5.92 Å². The third kappa shape index (κ3) is 1.16. The van der Waals surface area contributed by atoms with Gasteiger partial charge in [-0.05, 0) is 17.9 Å². The summed E-state index contributed by atoms with van der Waals surface area (Å²) in [4.78, 5) is 12.6.